The molecule has 1 aliphatic heterocycles. The van der Waals surface area contributed by atoms with Crippen LogP contribution in [0.15, 0.2) is 15.7 Å². The highest BCUT2D eigenvalue weighted by Gasteiger charge is 2.50. The predicted molar refractivity (Wildman–Crippen MR) is 110 cm³/mol. The van der Waals surface area contributed by atoms with Gasteiger partial charge in [0.05, 0.1) is 19.8 Å². The molecule has 1 saturated heterocycles. The van der Waals surface area contributed by atoms with E-state index in [2.05, 4.69) is 13.6 Å². The molecule has 0 aliphatic carbocycles. The average molecular weight is 562 g/mol. The Bertz CT molecular complexity index is 1200. The van der Waals surface area contributed by atoms with Gasteiger partial charge in [0.2, 0.25) is 0 Å². The molecule has 2 unspecified atom stereocenters. The molecule has 5 N–H and O–H groups in total. The van der Waals surface area contributed by atoms with Crippen molar-refractivity contribution < 1.29 is 65.3 Å². The van der Waals surface area contributed by atoms with E-state index in [1.165, 1.54) is 0 Å². The number of carbonyl (C=O) groups excluding carboxylic acids is 2. The number of hydrogen-bond acceptors (Lipinski definition) is 13. The molecule has 0 spiro atoms. The van der Waals surface area contributed by atoms with Gasteiger partial charge in [0.15, 0.2) is 12.2 Å². The van der Waals surface area contributed by atoms with Gasteiger partial charge in [-0.2, -0.15) is 4.31 Å². The summed E-state index contributed by atoms with van der Waals surface area (Å²) in [7, 11) is -11.2. The van der Waals surface area contributed by atoms with Crippen LogP contribution in [0.2, 0.25) is 0 Å². The minimum atomic E-state index is -5.69. The second kappa shape index (κ2) is 11.0. The quantitative estimate of drug-likeness (QED) is 0.128. The molecular formula is C13H18BN2O16P3-. The van der Waals surface area contributed by atoms with Gasteiger partial charge in [0.25, 0.3) is 5.56 Å². The molecule has 1 aromatic heterocycles. The maximum Gasteiger partial charge on any atom is 0.485 e. The fourth-order valence-electron chi connectivity index (χ4n) is 2.90. The number of nitrogens with one attached hydrogen (secondary N) is 2. The number of rotatable bonds is 10. The molecule has 35 heavy (non-hydrogen) atoms. The third-order valence-corrected chi connectivity index (χ3v) is 7.77. The van der Waals surface area contributed by atoms with Crippen LogP contribution in [0, 0.1) is 0 Å². The average Bonchev–Trinajstić information content (AvgIpc) is 2.92. The third-order valence-electron chi connectivity index (χ3n) is 3.85. The van der Waals surface area contributed by atoms with E-state index in [0.717, 1.165) is 19.9 Å². The number of aromatic nitrogens is 2. The van der Waals surface area contributed by atoms with E-state index >= 15 is 0 Å². The summed E-state index contributed by atoms with van der Waals surface area (Å²) in [6.45, 7) is 1.01. The van der Waals surface area contributed by atoms with Crippen LogP contribution in [-0.4, -0.2) is 69.1 Å². The van der Waals surface area contributed by atoms with Crippen molar-refractivity contribution in [3.05, 3.63) is 32.6 Å². The summed E-state index contributed by atoms with van der Waals surface area (Å²) in [5.41, 5.74) is -2.03. The van der Waals surface area contributed by atoms with Gasteiger partial charge in [0, 0.05) is 19.9 Å². The van der Waals surface area contributed by atoms with Crippen LogP contribution >= 0.6 is 23.1 Å². The van der Waals surface area contributed by atoms with Gasteiger partial charge in [0.1, 0.15) is 12.2 Å². The Balaban J connectivity index is 2.32. The van der Waals surface area contributed by atoms with E-state index in [0.29, 0.717) is 0 Å². The van der Waals surface area contributed by atoms with E-state index < -0.39 is 77.3 Å². The van der Waals surface area contributed by atoms with Crippen molar-refractivity contribution >= 4 is 42.6 Å². The second-order valence-electron chi connectivity index (χ2n) is 6.74. The lowest BCUT2D eigenvalue weighted by atomic mass is 10.0. The first-order valence-corrected chi connectivity index (χ1v) is 13.7. The highest BCUT2D eigenvalue weighted by molar-refractivity contribution is 7.84. The first kappa shape index (κ1) is 29.3. The maximum absolute atomic E-state index is 12.2. The van der Waals surface area contributed by atoms with Gasteiger partial charge in [-0.25, -0.2) is 18.2 Å². The molecule has 0 saturated carbocycles. The Morgan fingerprint density at radius 2 is 1.60 bits per heavy atom. The van der Waals surface area contributed by atoms with Crippen LogP contribution < -0.4 is 11.2 Å². The Labute approximate surface area is 196 Å². The Morgan fingerprint density at radius 1 is 1.03 bits per heavy atom. The zero-order chi connectivity index (χ0) is 26.8. The highest BCUT2D eigenvalue weighted by atomic mass is 31.3. The standard InChI is InChI=1S/C13H18BN2O16P3/c1-5(17)28-11-8(4-27-33(14,21)31-35(25,26)32-34(22,23)24)30-10(12(11)29-6(2)18)7-3-9(19)16-13(20)15-7/h3,8,10-12H,4H2,1-2H3,(H,25,26)(H2,22,23,24)(H2,15,16,19,20)/q-1/t8-,10+,11-,12+,33?/m1/s1. The van der Waals surface area contributed by atoms with Gasteiger partial charge in [-0.05, 0) is 0 Å². The molecule has 0 bridgehead atoms. The molecule has 18 nitrogen and oxygen atoms in total. The molecule has 0 amide bonds. The molecule has 3 radical (unpaired) electrons. The Kier molecular flexibility index (Phi) is 9.22. The molecule has 6 atom stereocenters. The molecule has 0 aromatic carbocycles. The summed E-state index contributed by atoms with van der Waals surface area (Å²) in [5, 5.41) is 0. The van der Waals surface area contributed by atoms with Crippen LogP contribution in [0.25, 0.3) is 0 Å². The first-order chi connectivity index (χ1) is 15.9. The highest BCUT2D eigenvalue weighted by Crippen LogP contribution is 2.66. The molecule has 22 heteroatoms. The van der Waals surface area contributed by atoms with Crippen LogP contribution in [-0.2, 0) is 50.6 Å². The molecule has 195 valence electrons. The van der Waals surface area contributed by atoms with Crippen molar-refractivity contribution in [1.82, 2.24) is 9.97 Å². The normalized spacial score (nSPS) is 25.9. The molecule has 1 fully saturated rings. The van der Waals surface area contributed by atoms with E-state index in [1.54, 1.807) is 0 Å². The smallest absolute Gasteiger partial charge is 0.456 e. The van der Waals surface area contributed by atoms with Crippen LogP contribution in [0.3, 0.4) is 0 Å². The van der Waals surface area contributed by atoms with E-state index in [9.17, 15) is 37.8 Å². The largest absolute Gasteiger partial charge is 0.485 e. The second-order valence-corrected chi connectivity index (χ2v) is 11.3. The predicted octanol–water partition coefficient (Wildman–Crippen LogP) is -1.11. The number of H-pyrrole nitrogens is 2. The van der Waals surface area contributed by atoms with Gasteiger partial charge < -0.3 is 50.5 Å². The zero-order valence-corrected chi connectivity index (χ0v) is 20.3. The van der Waals surface area contributed by atoms with Crippen LogP contribution in [0.4, 0.5) is 0 Å². The van der Waals surface area contributed by atoms with Gasteiger partial charge in [-0.15, -0.1) is 0 Å². The number of carbonyl (C=O) groups is 2. The van der Waals surface area contributed by atoms with Crippen molar-refractivity contribution in [2.24, 2.45) is 0 Å². The van der Waals surface area contributed by atoms with Crippen LogP contribution in [0.1, 0.15) is 25.6 Å². The third kappa shape index (κ3) is 9.24. The number of hydrogen-bond donors (Lipinski definition) is 5. The van der Waals surface area contributed by atoms with Gasteiger partial charge in [-0.1, -0.05) is 0 Å². The fraction of sp³-hybridized carbons (Fsp3) is 0.538. The molecule has 2 rings (SSSR count). The van der Waals surface area contributed by atoms with Gasteiger partial charge in [-0.3, -0.25) is 19.4 Å². The number of esters is 2. The number of aromatic amines is 2. The van der Waals surface area contributed by atoms with E-state index in [-0.39, 0.29) is 5.69 Å². The summed E-state index contributed by atoms with van der Waals surface area (Å²) in [6.07, 6.45) is -5.94. The maximum atomic E-state index is 12.2. The zero-order valence-electron chi connectivity index (χ0n) is 17.7. The summed E-state index contributed by atoms with van der Waals surface area (Å²) < 4.78 is 62.4. The summed E-state index contributed by atoms with van der Waals surface area (Å²) >= 11 is 0. The minimum absolute atomic E-state index is 0.216. The lowest BCUT2D eigenvalue weighted by Crippen LogP contribution is -2.40. The number of phosphoric acid groups is 2. The minimum Gasteiger partial charge on any atom is -0.456 e. The van der Waals surface area contributed by atoms with Crippen molar-refractivity contribution in [2.45, 2.75) is 38.3 Å². The van der Waals surface area contributed by atoms with Crippen molar-refractivity contribution in [2.75, 3.05) is 6.61 Å². The molecule has 1 aliphatic rings. The Hall–Kier alpha value is -1.91. The van der Waals surface area contributed by atoms with Crippen molar-refractivity contribution in [3.8, 4) is 0 Å². The van der Waals surface area contributed by atoms with Crippen LogP contribution in [0.5, 0.6) is 0 Å². The Morgan fingerprint density at radius 3 is 2.11 bits per heavy atom. The summed E-state index contributed by atoms with van der Waals surface area (Å²) in [4.78, 5) is 77.2. The van der Waals surface area contributed by atoms with E-state index in [4.69, 9.17) is 36.1 Å². The summed E-state index contributed by atoms with van der Waals surface area (Å²) in [5.74, 6) is -1.80. The topological polar surface area (TPSA) is 267 Å². The lowest BCUT2D eigenvalue weighted by molar-refractivity contribution is -0.164. The van der Waals surface area contributed by atoms with Crippen molar-refractivity contribution in [3.63, 3.8) is 0 Å². The van der Waals surface area contributed by atoms with Crippen molar-refractivity contribution in [1.29, 1.82) is 0 Å². The fourth-order valence-corrected chi connectivity index (χ4v) is 6.06. The first-order valence-electron chi connectivity index (χ1n) is 9.05. The SMILES string of the molecule is [B-]P(=O)(OC[C@H]1O[C@@H](c2cc(=O)[nH]c(=O)[nH]2)[C@H](OC(C)=O)[C@@H]1OC(C)=O)OP(=O)(O)OP(=O)(O)O. The monoisotopic (exact) mass is 562 g/mol. The lowest BCUT2D eigenvalue weighted by Gasteiger charge is -2.29. The number of ether oxygens (including phenoxy) is 3. The summed E-state index contributed by atoms with van der Waals surface area (Å²) in [6, 6.07) is 0.884. The molecular weight excluding hydrogens is 544 g/mol. The molecule has 1 aromatic rings. The van der Waals surface area contributed by atoms with Gasteiger partial charge >= 0.3 is 33.3 Å². The molecule has 2 heterocycles. The van der Waals surface area contributed by atoms with E-state index in [1.807, 2.05) is 4.98 Å².